The third kappa shape index (κ3) is 3.72. The topological polar surface area (TPSA) is 15.3 Å². The Hall–Kier alpha value is -0.0800. The highest BCUT2D eigenvalue weighted by atomic mass is 15.2. The minimum Gasteiger partial charge on any atom is -0.312 e. The second-order valence-electron chi connectivity index (χ2n) is 7.53. The van der Waals surface area contributed by atoms with Crippen LogP contribution in [-0.4, -0.2) is 37.1 Å². The molecule has 2 fully saturated rings. The van der Waals surface area contributed by atoms with Crippen LogP contribution in [0.2, 0.25) is 0 Å². The molecule has 3 unspecified atom stereocenters. The van der Waals surface area contributed by atoms with E-state index < -0.39 is 0 Å². The van der Waals surface area contributed by atoms with Crippen molar-refractivity contribution in [2.45, 2.75) is 76.8 Å². The quantitative estimate of drug-likeness (QED) is 0.817. The summed E-state index contributed by atoms with van der Waals surface area (Å²) in [4.78, 5) is 2.50. The first-order chi connectivity index (χ1) is 9.03. The molecule has 2 aliphatic carbocycles. The van der Waals surface area contributed by atoms with E-state index in [1.54, 1.807) is 0 Å². The van der Waals surface area contributed by atoms with Gasteiger partial charge in [0, 0.05) is 18.1 Å². The molecule has 0 aliphatic heterocycles. The minimum atomic E-state index is 0.407. The summed E-state index contributed by atoms with van der Waals surface area (Å²) < 4.78 is 0. The molecule has 2 heteroatoms. The lowest BCUT2D eigenvalue weighted by molar-refractivity contribution is 0.0706. The SMILES string of the molecule is CC1CCCC(CNC(C)C2CCCC2)(N(C)C)C1. The molecule has 0 radical (unpaired) electrons. The summed E-state index contributed by atoms with van der Waals surface area (Å²) in [6.45, 7) is 6.02. The Kier molecular flexibility index (Phi) is 5.30. The van der Waals surface area contributed by atoms with E-state index in [4.69, 9.17) is 0 Å². The first kappa shape index (κ1) is 15.3. The molecule has 3 atom stereocenters. The summed E-state index contributed by atoms with van der Waals surface area (Å²) in [5.41, 5.74) is 0.407. The van der Waals surface area contributed by atoms with E-state index >= 15 is 0 Å². The van der Waals surface area contributed by atoms with Crippen molar-refractivity contribution in [2.24, 2.45) is 11.8 Å². The zero-order chi connectivity index (χ0) is 13.9. The maximum absolute atomic E-state index is 3.90. The van der Waals surface area contributed by atoms with Gasteiger partial charge in [0.15, 0.2) is 0 Å². The molecule has 2 aliphatic rings. The highest BCUT2D eigenvalue weighted by molar-refractivity contribution is 4.95. The third-order valence-corrected chi connectivity index (χ3v) is 5.88. The van der Waals surface area contributed by atoms with Gasteiger partial charge >= 0.3 is 0 Å². The molecule has 2 saturated carbocycles. The van der Waals surface area contributed by atoms with Gasteiger partial charge in [0.1, 0.15) is 0 Å². The lowest BCUT2D eigenvalue weighted by Gasteiger charge is -2.46. The van der Waals surface area contributed by atoms with Crippen molar-refractivity contribution in [1.29, 1.82) is 0 Å². The van der Waals surface area contributed by atoms with Crippen molar-refractivity contribution in [3.63, 3.8) is 0 Å². The second kappa shape index (κ2) is 6.58. The van der Waals surface area contributed by atoms with Gasteiger partial charge in [0.25, 0.3) is 0 Å². The Bertz CT molecular complexity index is 270. The van der Waals surface area contributed by atoms with Crippen LogP contribution in [0.15, 0.2) is 0 Å². The van der Waals surface area contributed by atoms with Gasteiger partial charge in [-0.1, -0.05) is 32.6 Å². The summed E-state index contributed by atoms with van der Waals surface area (Å²) in [5, 5.41) is 3.90. The smallest absolute Gasteiger partial charge is 0.0330 e. The number of rotatable bonds is 5. The Morgan fingerprint density at radius 2 is 1.84 bits per heavy atom. The second-order valence-corrected chi connectivity index (χ2v) is 7.53. The van der Waals surface area contributed by atoms with Crippen LogP contribution in [0, 0.1) is 11.8 Å². The molecule has 0 amide bonds. The van der Waals surface area contributed by atoms with Crippen molar-refractivity contribution in [1.82, 2.24) is 10.2 Å². The van der Waals surface area contributed by atoms with Gasteiger partial charge in [-0.25, -0.2) is 0 Å². The number of nitrogens with one attached hydrogen (secondary N) is 1. The molecule has 112 valence electrons. The fourth-order valence-corrected chi connectivity index (χ4v) is 4.33. The zero-order valence-corrected chi connectivity index (χ0v) is 13.5. The highest BCUT2D eigenvalue weighted by Gasteiger charge is 2.37. The standard InChI is InChI=1S/C17H34N2/c1-14-8-7-11-17(12-14,19(3)4)13-18-15(2)16-9-5-6-10-16/h14-16,18H,5-13H2,1-4H3. The van der Waals surface area contributed by atoms with Gasteiger partial charge in [-0.05, 0) is 58.5 Å². The molecule has 19 heavy (non-hydrogen) atoms. The number of hydrogen-bond acceptors (Lipinski definition) is 2. The van der Waals surface area contributed by atoms with E-state index in [1.165, 1.54) is 57.9 Å². The van der Waals surface area contributed by atoms with Crippen molar-refractivity contribution in [3.8, 4) is 0 Å². The molecular formula is C17H34N2. The monoisotopic (exact) mass is 266 g/mol. The van der Waals surface area contributed by atoms with E-state index in [1.807, 2.05) is 0 Å². The van der Waals surface area contributed by atoms with Crippen molar-refractivity contribution >= 4 is 0 Å². The van der Waals surface area contributed by atoms with Gasteiger partial charge in [-0.2, -0.15) is 0 Å². The van der Waals surface area contributed by atoms with Gasteiger partial charge in [0.2, 0.25) is 0 Å². The number of hydrogen-bond donors (Lipinski definition) is 1. The van der Waals surface area contributed by atoms with Gasteiger partial charge in [0.05, 0.1) is 0 Å². The molecule has 2 rings (SSSR count). The Balaban J connectivity index is 1.89. The van der Waals surface area contributed by atoms with E-state index in [0.29, 0.717) is 11.6 Å². The fraction of sp³-hybridized carbons (Fsp3) is 1.00. The van der Waals surface area contributed by atoms with Gasteiger partial charge in [-0.15, -0.1) is 0 Å². The maximum Gasteiger partial charge on any atom is 0.0330 e. The van der Waals surface area contributed by atoms with E-state index in [0.717, 1.165) is 11.8 Å². The van der Waals surface area contributed by atoms with Crippen LogP contribution >= 0.6 is 0 Å². The number of nitrogens with zero attached hydrogens (tertiary/aromatic N) is 1. The predicted molar refractivity (Wildman–Crippen MR) is 83.5 cm³/mol. The van der Waals surface area contributed by atoms with E-state index in [2.05, 4.69) is 38.2 Å². The zero-order valence-electron chi connectivity index (χ0n) is 13.5. The van der Waals surface area contributed by atoms with Crippen LogP contribution in [0.5, 0.6) is 0 Å². The van der Waals surface area contributed by atoms with Crippen LogP contribution in [0.4, 0.5) is 0 Å². The molecule has 0 aromatic carbocycles. The molecule has 1 N–H and O–H groups in total. The van der Waals surface area contributed by atoms with Crippen LogP contribution in [0.3, 0.4) is 0 Å². The average molecular weight is 266 g/mol. The van der Waals surface area contributed by atoms with Crippen molar-refractivity contribution in [2.75, 3.05) is 20.6 Å². The molecule has 0 bridgehead atoms. The van der Waals surface area contributed by atoms with Gasteiger partial charge < -0.3 is 10.2 Å². The van der Waals surface area contributed by atoms with Crippen LogP contribution in [-0.2, 0) is 0 Å². The summed E-state index contributed by atoms with van der Waals surface area (Å²) >= 11 is 0. The van der Waals surface area contributed by atoms with Crippen LogP contribution in [0.1, 0.15) is 65.2 Å². The minimum absolute atomic E-state index is 0.407. The predicted octanol–water partition coefficient (Wildman–Crippen LogP) is 3.67. The molecule has 0 spiro atoms. The lowest BCUT2D eigenvalue weighted by Crippen LogP contribution is -2.56. The van der Waals surface area contributed by atoms with E-state index in [-0.39, 0.29) is 0 Å². The Morgan fingerprint density at radius 3 is 2.42 bits per heavy atom. The lowest BCUT2D eigenvalue weighted by atomic mass is 9.75. The van der Waals surface area contributed by atoms with Crippen molar-refractivity contribution in [3.05, 3.63) is 0 Å². The first-order valence-electron chi connectivity index (χ1n) is 8.44. The molecule has 2 nitrogen and oxygen atoms in total. The average Bonchev–Trinajstić information content (AvgIpc) is 2.89. The fourth-order valence-electron chi connectivity index (χ4n) is 4.33. The summed E-state index contributed by atoms with van der Waals surface area (Å²) in [6.07, 6.45) is 11.4. The molecule has 0 saturated heterocycles. The highest BCUT2D eigenvalue weighted by Crippen LogP contribution is 2.36. The Morgan fingerprint density at radius 1 is 1.16 bits per heavy atom. The normalized spacial score (nSPS) is 34.9. The van der Waals surface area contributed by atoms with Crippen LogP contribution < -0.4 is 5.32 Å². The molecule has 0 aromatic rings. The number of likely N-dealkylation sites (N-methyl/N-ethyl adjacent to an activating group) is 1. The van der Waals surface area contributed by atoms with Gasteiger partial charge in [-0.3, -0.25) is 0 Å². The summed E-state index contributed by atoms with van der Waals surface area (Å²) in [7, 11) is 4.56. The van der Waals surface area contributed by atoms with E-state index in [9.17, 15) is 0 Å². The molecule has 0 aromatic heterocycles. The summed E-state index contributed by atoms with van der Waals surface area (Å²) in [5.74, 6) is 1.82. The van der Waals surface area contributed by atoms with Crippen molar-refractivity contribution < 1.29 is 0 Å². The van der Waals surface area contributed by atoms with Crippen LogP contribution in [0.25, 0.3) is 0 Å². The Labute approximate surface area is 120 Å². The molecular weight excluding hydrogens is 232 g/mol. The molecule has 0 heterocycles. The third-order valence-electron chi connectivity index (χ3n) is 5.88. The first-order valence-corrected chi connectivity index (χ1v) is 8.44. The maximum atomic E-state index is 3.90. The summed E-state index contributed by atoms with van der Waals surface area (Å²) in [6, 6.07) is 0.705. The largest absolute Gasteiger partial charge is 0.312 e.